The zero-order valence-electron chi connectivity index (χ0n) is 10.7. The summed E-state index contributed by atoms with van der Waals surface area (Å²) in [7, 11) is 0. The number of carbonyl (C=O) groups excluding carboxylic acids is 1. The maximum absolute atomic E-state index is 12.2. The summed E-state index contributed by atoms with van der Waals surface area (Å²) in [6.45, 7) is 7.57. The minimum atomic E-state index is -0.00875. The Morgan fingerprint density at radius 1 is 1.35 bits per heavy atom. The van der Waals surface area contributed by atoms with Gasteiger partial charge >= 0.3 is 0 Å². The number of piperidine rings is 1. The molecule has 1 atom stereocenters. The lowest BCUT2D eigenvalue weighted by Crippen LogP contribution is -2.45. The van der Waals surface area contributed by atoms with Gasteiger partial charge in [-0.25, -0.2) is 0 Å². The van der Waals surface area contributed by atoms with Crippen molar-refractivity contribution in [2.24, 2.45) is 0 Å². The fourth-order valence-corrected chi connectivity index (χ4v) is 2.36. The van der Waals surface area contributed by atoms with Crippen LogP contribution in [0, 0.1) is 20.8 Å². The van der Waals surface area contributed by atoms with Crippen LogP contribution in [0.25, 0.3) is 0 Å². The number of aryl methyl sites for hydroxylation is 2. The smallest absolute Gasteiger partial charge is 0.255 e. The van der Waals surface area contributed by atoms with E-state index >= 15 is 0 Å². The maximum atomic E-state index is 12.2. The van der Waals surface area contributed by atoms with E-state index in [-0.39, 0.29) is 11.9 Å². The zero-order chi connectivity index (χ0) is 12.4. The number of hydrogen-bond acceptors (Lipinski definition) is 3. The molecule has 1 aromatic rings. The first-order valence-corrected chi connectivity index (χ1v) is 6.17. The Kier molecular flexibility index (Phi) is 3.52. The minimum absolute atomic E-state index is 0.00875. The van der Waals surface area contributed by atoms with Crippen LogP contribution in [0.3, 0.4) is 0 Å². The van der Waals surface area contributed by atoms with Gasteiger partial charge in [-0.05, 0) is 40.2 Å². The molecular formula is C13H20N2O2. The highest BCUT2D eigenvalue weighted by Crippen LogP contribution is 2.20. The van der Waals surface area contributed by atoms with Crippen molar-refractivity contribution in [2.75, 3.05) is 13.1 Å². The average molecular weight is 236 g/mol. The molecule has 0 bridgehead atoms. The standard InChI is InChI=1S/C13H20N2O2/c1-8-9(2)17-10(3)12(8)13(16)15-11-5-4-6-14-7-11/h11,14H,4-7H2,1-3H3,(H,15,16)/t11-/m0/s1. The lowest BCUT2D eigenvalue weighted by atomic mass is 10.1. The molecule has 4 heteroatoms. The molecule has 2 N–H and O–H groups in total. The largest absolute Gasteiger partial charge is 0.466 e. The lowest BCUT2D eigenvalue weighted by molar-refractivity contribution is 0.0928. The van der Waals surface area contributed by atoms with Gasteiger partial charge in [0.1, 0.15) is 11.5 Å². The van der Waals surface area contributed by atoms with Gasteiger partial charge in [0, 0.05) is 18.2 Å². The molecule has 0 aliphatic carbocycles. The lowest BCUT2D eigenvalue weighted by Gasteiger charge is -2.23. The van der Waals surface area contributed by atoms with Gasteiger partial charge in [0.15, 0.2) is 0 Å². The van der Waals surface area contributed by atoms with Crippen LogP contribution in [0.2, 0.25) is 0 Å². The van der Waals surface area contributed by atoms with Gasteiger partial charge in [0.05, 0.1) is 5.56 Å². The Balaban J connectivity index is 2.08. The van der Waals surface area contributed by atoms with Crippen molar-refractivity contribution in [3.63, 3.8) is 0 Å². The summed E-state index contributed by atoms with van der Waals surface area (Å²) in [5, 5.41) is 6.36. The van der Waals surface area contributed by atoms with Crippen molar-refractivity contribution in [3.05, 3.63) is 22.6 Å². The number of carbonyl (C=O) groups is 1. The molecule has 0 aromatic carbocycles. The van der Waals surface area contributed by atoms with Gasteiger partial charge in [-0.3, -0.25) is 4.79 Å². The zero-order valence-corrected chi connectivity index (χ0v) is 10.7. The SMILES string of the molecule is Cc1oc(C)c(C(=O)N[C@H]2CCCNC2)c1C. The van der Waals surface area contributed by atoms with Crippen molar-refractivity contribution in [1.82, 2.24) is 10.6 Å². The van der Waals surface area contributed by atoms with E-state index in [0.29, 0.717) is 11.3 Å². The second-order valence-electron chi connectivity index (χ2n) is 4.73. The van der Waals surface area contributed by atoms with E-state index < -0.39 is 0 Å². The van der Waals surface area contributed by atoms with Crippen molar-refractivity contribution in [2.45, 2.75) is 39.7 Å². The molecule has 1 aliphatic rings. The van der Waals surface area contributed by atoms with Crippen LogP contribution in [-0.4, -0.2) is 25.0 Å². The maximum Gasteiger partial charge on any atom is 0.255 e. The predicted molar refractivity (Wildman–Crippen MR) is 66.3 cm³/mol. The highest BCUT2D eigenvalue weighted by molar-refractivity contribution is 5.97. The molecule has 4 nitrogen and oxygen atoms in total. The first-order valence-electron chi connectivity index (χ1n) is 6.17. The van der Waals surface area contributed by atoms with Gasteiger partial charge in [-0.2, -0.15) is 0 Å². The molecule has 17 heavy (non-hydrogen) atoms. The van der Waals surface area contributed by atoms with E-state index in [0.717, 1.165) is 37.3 Å². The summed E-state index contributed by atoms with van der Waals surface area (Å²) in [6.07, 6.45) is 2.17. The molecule has 0 spiro atoms. The number of rotatable bonds is 2. The van der Waals surface area contributed by atoms with Crippen molar-refractivity contribution >= 4 is 5.91 Å². The van der Waals surface area contributed by atoms with Crippen molar-refractivity contribution in [3.8, 4) is 0 Å². The topological polar surface area (TPSA) is 54.3 Å². The molecule has 94 valence electrons. The third-order valence-corrected chi connectivity index (χ3v) is 3.42. The summed E-state index contributed by atoms with van der Waals surface area (Å²) < 4.78 is 5.48. The van der Waals surface area contributed by atoms with Gasteiger partial charge in [-0.15, -0.1) is 0 Å². The van der Waals surface area contributed by atoms with Crippen molar-refractivity contribution in [1.29, 1.82) is 0 Å². The summed E-state index contributed by atoms with van der Waals surface area (Å²) in [6, 6.07) is 0.241. The van der Waals surface area contributed by atoms with E-state index in [1.165, 1.54) is 0 Å². The predicted octanol–water partition coefficient (Wildman–Crippen LogP) is 1.69. The van der Waals surface area contributed by atoms with Crippen LogP contribution < -0.4 is 10.6 Å². The quantitative estimate of drug-likeness (QED) is 0.821. The number of furan rings is 1. The van der Waals surface area contributed by atoms with Gasteiger partial charge in [0.2, 0.25) is 0 Å². The molecule has 1 aliphatic heterocycles. The highest BCUT2D eigenvalue weighted by Gasteiger charge is 2.22. The Morgan fingerprint density at radius 2 is 2.12 bits per heavy atom. The molecule has 1 aromatic heterocycles. The van der Waals surface area contributed by atoms with Gasteiger partial charge in [-0.1, -0.05) is 0 Å². The number of nitrogens with one attached hydrogen (secondary N) is 2. The normalized spacial score (nSPS) is 20.3. The average Bonchev–Trinajstić information content (AvgIpc) is 2.54. The van der Waals surface area contributed by atoms with Gasteiger partial charge in [0.25, 0.3) is 5.91 Å². The molecule has 2 rings (SSSR count). The first-order chi connectivity index (χ1) is 8.09. The Bertz CT molecular complexity index is 417. The molecule has 0 unspecified atom stereocenters. The van der Waals surface area contributed by atoms with Crippen LogP contribution in [0.1, 0.15) is 40.3 Å². The summed E-state index contributed by atoms with van der Waals surface area (Å²) in [5.41, 5.74) is 1.65. The van der Waals surface area contributed by atoms with Crippen LogP contribution in [0.15, 0.2) is 4.42 Å². The van der Waals surface area contributed by atoms with E-state index in [2.05, 4.69) is 10.6 Å². The summed E-state index contributed by atoms with van der Waals surface area (Å²) in [4.78, 5) is 12.2. The Morgan fingerprint density at radius 3 is 2.65 bits per heavy atom. The van der Waals surface area contributed by atoms with Crippen LogP contribution in [0.4, 0.5) is 0 Å². The number of amides is 1. The van der Waals surface area contributed by atoms with E-state index in [4.69, 9.17) is 4.42 Å². The summed E-state index contributed by atoms with van der Waals surface area (Å²) >= 11 is 0. The fourth-order valence-electron chi connectivity index (χ4n) is 2.36. The monoisotopic (exact) mass is 236 g/mol. The molecular weight excluding hydrogens is 216 g/mol. The Hall–Kier alpha value is -1.29. The molecule has 0 saturated carbocycles. The second kappa shape index (κ2) is 4.92. The van der Waals surface area contributed by atoms with Crippen LogP contribution >= 0.6 is 0 Å². The van der Waals surface area contributed by atoms with E-state index in [1.807, 2.05) is 20.8 Å². The summed E-state index contributed by atoms with van der Waals surface area (Å²) in [5.74, 6) is 1.53. The van der Waals surface area contributed by atoms with Crippen LogP contribution in [0.5, 0.6) is 0 Å². The van der Waals surface area contributed by atoms with Gasteiger partial charge < -0.3 is 15.1 Å². The van der Waals surface area contributed by atoms with E-state index in [1.54, 1.807) is 0 Å². The number of hydrogen-bond donors (Lipinski definition) is 2. The van der Waals surface area contributed by atoms with Crippen LogP contribution in [-0.2, 0) is 0 Å². The molecule has 1 fully saturated rings. The molecule has 1 amide bonds. The highest BCUT2D eigenvalue weighted by atomic mass is 16.3. The Labute approximate surface area is 102 Å². The minimum Gasteiger partial charge on any atom is -0.466 e. The fraction of sp³-hybridized carbons (Fsp3) is 0.615. The first kappa shape index (κ1) is 12.2. The second-order valence-corrected chi connectivity index (χ2v) is 4.73. The molecule has 1 saturated heterocycles. The van der Waals surface area contributed by atoms with E-state index in [9.17, 15) is 4.79 Å². The third kappa shape index (κ3) is 2.52. The third-order valence-electron chi connectivity index (χ3n) is 3.42. The molecule has 2 heterocycles. The van der Waals surface area contributed by atoms with Crippen molar-refractivity contribution < 1.29 is 9.21 Å². The molecule has 0 radical (unpaired) electrons.